The zero-order valence-corrected chi connectivity index (χ0v) is 21.3. The van der Waals surface area contributed by atoms with Crippen molar-refractivity contribution in [1.82, 2.24) is 5.32 Å². The Morgan fingerprint density at radius 1 is 1.00 bits per heavy atom. The molecule has 3 rings (SSSR count). The summed E-state index contributed by atoms with van der Waals surface area (Å²) in [6.07, 6.45) is 0.303. The number of methoxy groups -OCH3 is 1. The molecule has 5 nitrogen and oxygen atoms in total. The minimum absolute atomic E-state index is 0.114. The molecule has 0 radical (unpaired) electrons. The molecule has 2 N–H and O–H groups in total. The fourth-order valence-corrected chi connectivity index (χ4v) is 3.83. The number of aliphatic hydroxyl groups is 1. The van der Waals surface area contributed by atoms with Crippen LogP contribution in [0.2, 0.25) is 0 Å². The highest BCUT2D eigenvalue weighted by Gasteiger charge is 2.19. The van der Waals surface area contributed by atoms with Crippen molar-refractivity contribution in [3.63, 3.8) is 0 Å². The van der Waals surface area contributed by atoms with Crippen LogP contribution in [-0.2, 0) is 0 Å². The summed E-state index contributed by atoms with van der Waals surface area (Å²) >= 11 is 0. The summed E-state index contributed by atoms with van der Waals surface area (Å²) < 4.78 is 11.3. The lowest BCUT2D eigenvalue weighted by Gasteiger charge is -2.20. The zero-order valence-electron chi connectivity index (χ0n) is 21.3. The summed E-state index contributed by atoms with van der Waals surface area (Å²) in [5.41, 5.74) is 4.73. The molecule has 3 aromatic carbocycles. The monoisotopic (exact) mass is 483 g/mol. The summed E-state index contributed by atoms with van der Waals surface area (Å²) in [5, 5.41) is 12.9. The lowest BCUT2D eigenvalue weighted by Crippen LogP contribution is -2.38. The van der Waals surface area contributed by atoms with Gasteiger partial charge < -0.3 is 19.9 Å². The Morgan fingerprint density at radius 3 is 2.42 bits per heavy atom. The van der Waals surface area contributed by atoms with Gasteiger partial charge in [0.2, 0.25) is 0 Å². The number of rotatable bonds is 9. The molecule has 0 heterocycles. The van der Waals surface area contributed by atoms with Crippen LogP contribution in [0.4, 0.5) is 0 Å². The summed E-state index contributed by atoms with van der Waals surface area (Å²) in [4.78, 5) is 13.3. The third kappa shape index (κ3) is 7.00. The van der Waals surface area contributed by atoms with E-state index in [-0.39, 0.29) is 18.6 Å². The summed E-state index contributed by atoms with van der Waals surface area (Å²) in [7, 11) is 1.60. The Labute approximate surface area is 213 Å². The fraction of sp³-hybridized carbons (Fsp3) is 0.258. The van der Waals surface area contributed by atoms with Crippen molar-refractivity contribution in [3.8, 4) is 23.3 Å². The molecule has 1 unspecified atom stereocenters. The Kier molecular flexibility index (Phi) is 9.32. The highest BCUT2D eigenvalue weighted by atomic mass is 16.5. The normalized spacial score (nSPS) is 11.3. The molecule has 0 aromatic heterocycles. The van der Waals surface area contributed by atoms with Crippen LogP contribution in [0.5, 0.6) is 11.5 Å². The van der Waals surface area contributed by atoms with Crippen LogP contribution in [0.1, 0.15) is 52.9 Å². The van der Waals surface area contributed by atoms with Crippen LogP contribution in [0.15, 0.2) is 73.3 Å². The lowest BCUT2D eigenvalue weighted by atomic mass is 9.96. The number of aliphatic hydroxyl groups excluding tert-OH is 1. The second kappa shape index (κ2) is 12.6. The van der Waals surface area contributed by atoms with Crippen molar-refractivity contribution in [2.24, 2.45) is 0 Å². The lowest BCUT2D eigenvalue weighted by molar-refractivity contribution is 0.0912. The Morgan fingerprint density at radius 2 is 1.72 bits per heavy atom. The maximum Gasteiger partial charge on any atom is 0.255 e. The number of carbonyl (C=O) groups excluding carboxylic acids is 1. The van der Waals surface area contributed by atoms with E-state index in [0.29, 0.717) is 29.0 Å². The highest BCUT2D eigenvalue weighted by molar-refractivity contribution is 5.97. The van der Waals surface area contributed by atoms with Gasteiger partial charge in [-0.05, 0) is 74.2 Å². The Balaban J connectivity index is 1.85. The minimum atomic E-state index is -0.500. The Hall–Kier alpha value is -4.01. The Bertz CT molecular complexity index is 1280. The SMILES string of the molecule is C=C(CC(CO)NC(=O)c1cc(C#Cc2ccccc2OC)ccc1OC(C)C)c1ccccc1C. The summed E-state index contributed by atoms with van der Waals surface area (Å²) in [5.74, 6) is 7.02. The number of aryl methyl sites for hydroxylation is 1. The smallest absolute Gasteiger partial charge is 0.255 e. The van der Waals surface area contributed by atoms with Gasteiger partial charge in [0.1, 0.15) is 11.5 Å². The minimum Gasteiger partial charge on any atom is -0.495 e. The molecule has 0 aliphatic heterocycles. The maximum atomic E-state index is 13.3. The van der Waals surface area contributed by atoms with Crippen LogP contribution in [-0.4, -0.2) is 36.9 Å². The van der Waals surface area contributed by atoms with E-state index in [1.54, 1.807) is 19.2 Å². The predicted molar refractivity (Wildman–Crippen MR) is 144 cm³/mol. The van der Waals surface area contributed by atoms with Crippen molar-refractivity contribution in [2.75, 3.05) is 13.7 Å². The topological polar surface area (TPSA) is 67.8 Å². The molecule has 3 aromatic rings. The number of benzene rings is 3. The molecular formula is C31H33NO4. The van der Waals surface area contributed by atoms with Crippen molar-refractivity contribution >= 4 is 11.5 Å². The molecule has 0 bridgehead atoms. The number of nitrogens with one attached hydrogen (secondary N) is 1. The number of ether oxygens (including phenoxy) is 2. The number of hydrogen-bond donors (Lipinski definition) is 2. The van der Waals surface area contributed by atoms with Crippen molar-refractivity contribution in [1.29, 1.82) is 0 Å². The van der Waals surface area contributed by atoms with Crippen LogP contribution in [0.25, 0.3) is 5.57 Å². The third-order valence-corrected chi connectivity index (χ3v) is 5.61. The van der Waals surface area contributed by atoms with E-state index in [1.807, 2.05) is 75.4 Å². The number of amides is 1. The van der Waals surface area contributed by atoms with E-state index in [9.17, 15) is 9.90 Å². The molecular weight excluding hydrogens is 450 g/mol. The summed E-state index contributed by atoms with van der Waals surface area (Å²) in [6.45, 7) is 9.78. The first kappa shape index (κ1) is 26.6. The second-order valence-electron chi connectivity index (χ2n) is 8.80. The first-order valence-electron chi connectivity index (χ1n) is 11.9. The first-order valence-corrected chi connectivity index (χ1v) is 11.9. The zero-order chi connectivity index (χ0) is 26.1. The van der Waals surface area contributed by atoms with E-state index >= 15 is 0 Å². The molecule has 0 saturated heterocycles. The van der Waals surface area contributed by atoms with Gasteiger partial charge >= 0.3 is 0 Å². The van der Waals surface area contributed by atoms with Gasteiger partial charge in [-0.2, -0.15) is 0 Å². The average Bonchev–Trinajstić information content (AvgIpc) is 2.87. The van der Waals surface area contributed by atoms with Gasteiger partial charge in [0, 0.05) is 5.56 Å². The van der Waals surface area contributed by atoms with E-state index in [2.05, 4.69) is 23.7 Å². The highest BCUT2D eigenvalue weighted by Crippen LogP contribution is 2.24. The van der Waals surface area contributed by atoms with Crippen LogP contribution in [0, 0.1) is 18.8 Å². The van der Waals surface area contributed by atoms with Crippen LogP contribution >= 0.6 is 0 Å². The maximum absolute atomic E-state index is 13.3. The van der Waals surface area contributed by atoms with E-state index in [0.717, 1.165) is 22.3 Å². The quantitative estimate of drug-likeness (QED) is 0.401. The van der Waals surface area contributed by atoms with Gasteiger partial charge in [-0.1, -0.05) is 54.8 Å². The summed E-state index contributed by atoms with van der Waals surface area (Å²) in [6, 6.07) is 20.2. The number of para-hydroxylation sites is 1. The third-order valence-electron chi connectivity index (χ3n) is 5.61. The van der Waals surface area contributed by atoms with Gasteiger partial charge in [-0.3, -0.25) is 4.79 Å². The van der Waals surface area contributed by atoms with Gasteiger partial charge in [-0.15, -0.1) is 0 Å². The number of carbonyl (C=O) groups is 1. The molecule has 36 heavy (non-hydrogen) atoms. The first-order chi connectivity index (χ1) is 17.3. The molecule has 186 valence electrons. The van der Waals surface area contributed by atoms with Gasteiger partial charge in [0.15, 0.2) is 0 Å². The van der Waals surface area contributed by atoms with Crippen LogP contribution in [0.3, 0.4) is 0 Å². The molecule has 0 saturated carbocycles. The molecule has 1 atom stereocenters. The van der Waals surface area contributed by atoms with E-state index < -0.39 is 6.04 Å². The van der Waals surface area contributed by atoms with E-state index in [1.165, 1.54) is 0 Å². The average molecular weight is 484 g/mol. The molecule has 0 aliphatic carbocycles. The van der Waals surface area contributed by atoms with Crippen LogP contribution < -0.4 is 14.8 Å². The molecule has 5 heteroatoms. The number of hydrogen-bond acceptors (Lipinski definition) is 4. The van der Waals surface area contributed by atoms with Crippen molar-refractivity contribution < 1.29 is 19.4 Å². The van der Waals surface area contributed by atoms with Crippen molar-refractivity contribution in [3.05, 3.63) is 101 Å². The van der Waals surface area contributed by atoms with Crippen molar-refractivity contribution in [2.45, 2.75) is 39.3 Å². The predicted octanol–water partition coefficient (Wildman–Crippen LogP) is 5.38. The molecule has 0 aliphatic rings. The van der Waals surface area contributed by atoms with E-state index in [4.69, 9.17) is 9.47 Å². The molecule has 0 fully saturated rings. The van der Waals surface area contributed by atoms with Gasteiger partial charge in [-0.25, -0.2) is 0 Å². The molecule has 1 amide bonds. The van der Waals surface area contributed by atoms with Gasteiger partial charge in [0.05, 0.1) is 37.0 Å². The fourth-order valence-electron chi connectivity index (χ4n) is 3.83. The largest absolute Gasteiger partial charge is 0.495 e. The van der Waals surface area contributed by atoms with Gasteiger partial charge in [0.25, 0.3) is 5.91 Å². The molecule has 0 spiro atoms. The second-order valence-corrected chi connectivity index (χ2v) is 8.80. The standard InChI is InChI=1S/C31H33NO4/c1-21(2)36-30-17-15-24(14-16-25-11-7-9-13-29(25)35-5)19-28(30)31(34)32-26(20-33)18-23(4)27-12-8-6-10-22(27)3/h6-13,15,17,19,21,26,33H,4,18,20H2,1-3,5H3,(H,32,34).